The van der Waals surface area contributed by atoms with Crippen LogP contribution < -0.4 is 15.6 Å². The predicted molar refractivity (Wildman–Crippen MR) is 131 cm³/mol. The summed E-state index contributed by atoms with van der Waals surface area (Å²) in [6.07, 6.45) is -0.667. The Morgan fingerprint density at radius 2 is 1.73 bits per heavy atom. The lowest BCUT2D eigenvalue weighted by molar-refractivity contribution is -0.122. The van der Waals surface area contributed by atoms with Gasteiger partial charge in [-0.25, -0.2) is 4.98 Å². The molecule has 0 bridgehead atoms. The topological polar surface area (TPSA) is 73.2 Å². The minimum Gasteiger partial charge on any atom is -0.481 e. The largest absolute Gasteiger partial charge is 0.481 e. The summed E-state index contributed by atoms with van der Waals surface area (Å²) in [5.41, 5.74) is 4.88. The van der Waals surface area contributed by atoms with Crippen molar-refractivity contribution >= 4 is 22.5 Å². The zero-order chi connectivity index (χ0) is 23.7. The summed E-state index contributed by atoms with van der Waals surface area (Å²) in [5.74, 6) is 1.06. The quantitative estimate of drug-likeness (QED) is 0.472. The molecular formula is C27H27N3O3. The van der Waals surface area contributed by atoms with Crippen molar-refractivity contribution in [2.24, 2.45) is 0 Å². The first kappa shape index (κ1) is 22.3. The van der Waals surface area contributed by atoms with Gasteiger partial charge in [-0.05, 0) is 87.7 Å². The maximum atomic E-state index is 13.1. The molecule has 4 rings (SSSR count). The van der Waals surface area contributed by atoms with E-state index >= 15 is 0 Å². The Kier molecular flexibility index (Phi) is 6.01. The summed E-state index contributed by atoms with van der Waals surface area (Å²) in [5, 5.41) is 3.50. The first-order chi connectivity index (χ1) is 15.8. The van der Waals surface area contributed by atoms with E-state index in [-0.39, 0.29) is 11.5 Å². The molecule has 0 fully saturated rings. The normalized spacial score (nSPS) is 11.9. The number of aryl methyl sites for hydroxylation is 3. The fourth-order valence-corrected chi connectivity index (χ4v) is 3.81. The Bertz CT molecular complexity index is 1420. The first-order valence-corrected chi connectivity index (χ1v) is 10.9. The fourth-order valence-electron chi connectivity index (χ4n) is 3.81. The Balaban J connectivity index is 1.57. The summed E-state index contributed by atoms with van der Waals surface area (Å²) in [4.78, 5) is 30.4. The maximum absolute atomic E-state index is 13.1. The molecule has 4 aromatic rings. The predicted octanol–water partition coefficient (Wildman–Crippen LogP) is 5.03. The summed E-state index contributed by atoms with van der Waals surface area (Å²) in [6.45, 7) is 9.42. The van der Waals surface area contributed by atoms with Gasteiger partial charge in [0, 0.05) is 5.69 Å². The van der Waals surface area contributed by atoms with E-state index in [1.165, 1.54) is 0 Å². The third-order valence-corrected chi connectivity index (χ3v) is 5.90. The number of carbonyl (C=O) groups is 1. The third-order valence-electron chi connectivity index (χ3n) is 5.90. The van der Waals surface area contributed by atoms with Crippen LogP contribution in [-0.4, -0.2) is 21.6 Å². The molecule has 1 N–H and O–H groups in total. The molecule has 0 aliphatic carbocycles. The summed E-state index contributed by atoms with van der Waals surface area (Å²) < 4.78 is 7.49. The van der Waals surface area contributed by atoms with Crippen LogP contribution in [0.5, 0.6) is 5.75 Å². The highest BCUT2D eigenvalue weighted by molar-refractivity contribution is 5.95. The average molecular weight is 442 g/mol. The molecule has 0 saturated carbocycles. The van der Waals surface area contributed by atoms with Crippen LogP contribution in [0, 0.1) is 27.7 Å². The average Bonchev–Trinajstić information content (AvgIpc) is 2.78. The number of nitrogens with zero attached hydrogens (tertiary/aromatic N) is 2. The Morgan fingerprint density at radius 1 is 0.970 bits per heavy atom. The van der Waals surface area contributed by atoms with Crippen LogP contribution in [0.15, 0.2) is 65.5 Å². The molecule has 6 heteroatoms. The van der Waals surface area contributed by atoms with Crippen molar-refractivity contribution in [3.63, 3.8) is 0 Å². The van der Waals surface area contributed by atoms with Gasteiger partial charge in [0.2, 0.25) is 0 Å². The van der Waals surface area contributed by atoms with Crippen molar-refractivity contribution in [2.75, 3.05) is 5.32 Å². The number of para-hydroxylation sites is 1. The molecule has 0 radical (unpaired) electrons. The highest BCUT2D eigenvalue weighted by Crippen LogP contribution is 2.23. The molecule has 1 aromatic heterocycles. The van der Waals surface area contributed by atoms with Gasteiger partial charge in [-0.2, -0.15) is 0 Å². The molecule has 1 atom stereocenters. The summed E-state index contributed by atoms with van der Waals surface area (Å²) >= 11 is 0. The second-order valence-electron chi connectivity index (χ2n) is 8.26. The van der Waals surface area contributed by atoms with Crippen LogP contribution in [0.3, 0.4) is 0 Å². The number of benzene rings is 3. The first-order valence-electron chi connectivity index (χ1n) is 10.9. The van der Waals surface area contributed by atoms with Gasteiger partial charge in [0.05, 0.1) is 16.6 Å². The lowest BCUT2D eigenvalue weighted by atomic mass is 10.1. The monoisotopic (exact) mass is 441 g/mol. The van der Waals surface area contributed by atoms with Gasteiger partial charge in [-0.1, -0.05) is 24.3 Å². The number of carbonyl (C=O) groups excluding carboxylic acids is 1. The van der Waals surface area contributed by atoms with E-state index in [0.29, 0.717) is 33.9 Å². The molecule has 168 valence electrons. The number of hydrogen-bond donors (Lipinski definition) is 1. The van der Waals surface area contributed by atoms with E-state index in [1.54, 1.807) is 23.6 Å². The van der Waals surface area contributed by atoms with E-state index in [4.69, 9.17) is 4.74 Å². The highest BCUT2D eigenvalue weighted by atomic mass is 16.5. The lowest BCUT2D eigenvalue weighted by Gasteiger charge is -2.18. The Morgan fingerprint density at radius 3 is 2.48 bits per heavy atom. The van der Waals surface area contributed by atoms with Gasteiger partial charge in [0.25, 0.3) is 11.5 Å². The van der Waals surface area contributed by atoms with E-state index in [2.05, 4.69) is 10.3 Å². The van der Waals surface area contributed by atoms with Crippen LogP contribution in [0.4, 0.5) is 5.69 Å². The minimum absolute atomic E-state index is 0.121. The number of hydrogen-bond acceptors (Lipinski definition) is 4. The molecule has 33 heavy (non-hydrogen) atoms. The Hall–Kier alpha value is -3.93. The van der Waals surface area contributed by atoms with Crippen LogP contribution in [0.1, 0.15) is 29.4 Å². The number of nitrogens with one attached hydrogen (secondary N) is 1. The fraction of sp³-hybridized carbons (Fsp3) is 0.222. The van der Waals surface area contributed by atoms with E-state index in [0.717, 1.165) is 16.7 Å². The minimum atomic E-state index is -0.667. The molecule has 1 unspecified atom stereocenters. The van der Waals surface area contributed by atoms with Crippen molar-refractivity contribution in [1.82, 2.24) is 9.55 Å². The maximum Gasteiger partial charge on any atom is 0.265 e. The second-order valence-corrected chi connectivity index (χ2v) is 8.26. The van der Waals surface area contributed by atoms with Crippen molar-refractivity contribution in [3.8, 4) is 11.4 Å². The van der Waals surface area contributed by atoms with Crippen molar-refractivity contribution in [3.05, 3.63) is 93.5 Å². The van der Waals surface area contributed by atoms with Crippen molar-refractivity contribution in [2.45, 2.75) is 40.7 Å². The zero-order valence-corrected chi connectivity index (χ0v) is 19.5. The molecule has 3 aromatic carbocycles. The number of amides is 1. The summed E-state index contributed by atoms with van der Waals surface area (Å²) in [7, 11) is 0. The second kappa shape index (κ2) is 8.90. The molecule has 1 heterocycles. The summed E-state index contributed by atoms with van der Waals surface area (Å²) in [6, 6.07) is 18.6. The third kappa shape index (κ3) is 4.37. The number of fused-ring (bicyclic) bond motifs is 1. The standard InChI is InChI=1S/C27H27N3O3/c1-16-9-8-12-25(18(16)3)33-19(4)26(31)29-23-14-13-21(15-17(23)2)30-20(5)28-24-11-7-6-10-22(24)27(30)32/h6-15,19H,1-5H3,(H,29,31). The van der Waals surface area contributed by atoms with Gasteiger partial charge in [0.1, 0.15) is 11.6 Å². The van der Waals surface area contributed by atoms with Gasteiger partial charge >= 0.3 is 0 Å². The van der Waals surface area contributed by atoms with Crippen LogP contribution in [0.2, 0.25) is 0 Å². The van der Waals surface area contributed by atoms with Crippen molar-refractivity contribution in [1.29, 1.82) is 0 Å². The SMILES string of the molecule is Cc1cc(-n2c(C)nc3ccccc3c2=O)ccc1NC(=O)C(C)Oc1cccc(C)c1C. The van der Waals surface area contributed by atoms with Crippen LogP contribution in [-0.2, 0) is 4.79 Å². The van der Waals surface area contributed by atoms with E-state index < -0.39 is 6.10 Å². The van der Waals surface area contributed by atoms with E-state index in [9.17, 15) is 9.59 Å². The lowest BCUT2D eigenvalue weighted by Crippen LogP contribution is -2.30. The number of rotatable bonds is 5. The van der Waals surface area contributed by atoms with Gasteiger partial charge in [0.15, 0.2) is 6.10 Å². The molecule has 6 nitrogen and oxygen atoms in total. The van der Waals surface area contributed by atoms with Gasteiger partial charge < -0.3 is 10.1 Å². The number of ether oxygens (including phenoxy) is 1. The molecular weight excluding hydrogens is 414 g/mol. The van der Waals surface area contributed by atoms with Crippen LogP contribution in [0.25, 0.3) is 16.6 Å². The molecule has 0 spiro atoms. The van der Waals surface area contributed by atoms with E-state index in [1.807, 2.05) is 76.2 Å². The van der Waals surface area contributed by atoms with Crippen LogP contribution >= 0.6 is 0 Å². The smallest absolute Gasteiger partial charge is 0.265 e. The van der Waals surface area contributed by atoms with Gasteiger partial charge in [-0.15, -0.1) is 0 Å². The number of anilines is 1. The number of aromatic nitrogens is 2. The molecule has 0 aliphatic rings. The zero-order valence-electron chi connectivity index (χ0n) is 19.5. The molecule has 1 amide bonds. The molecule has 0 saturated heterocycles. The Labute approximate surface area is 192 Å². The molecule has 0 aliphatic heterocycles. The van der Waals surface area contributed by atoms with Gasteiger partial charge in [-0.3, -0.25) is 14.2 Å². The van der Waals surface area contributed by atoms with Crippen molar-refractivity contribution < 1.29 is 9.53 Å². The highest BCUT2D eigenvalue weighted by Gasteiger charge is 2.18.